The van der Waals surface area contributed by atoms with E-state index in [1.165, 1.54) is 18.2 Å². The van der Waals surface area contributed by atoms with Crippen molar-refractivity contribution in [3.05, 3.63) is 68.8 Å². The van der Waals surface area contributed by atoms with Gasteiger partial charge in [-0.2, -0.15) is 0 Å². The lowest BCUT2D eigenvalue weighted by atomic mass is 10.1. The summed E-state index contributed by atoms with van der Waals surface area (Å²) in [4.78, 5) is 26.1. The van der Waals surface area contributed by atoms with Gasteiger partial charge in [0.1, 0.15) is 5.82 Å². The van der Waals surface area contributed by atoms with Crippen LogP contribution in [0.4, 0.5) is 11.5 Å². The summed E-state index contributed by atoms with van der Waals surface area (Å²) < 4.78 is 0.787. The Bertz CT molecular complexity index is 716. The normalized spacial score (nSPS) is 10.5. The number of nitrogens with zero attached hydrogens (tertiary/aromatic N) is 2. The van der Waals surface area contributed by atoms with Gasteiger partial charge >= 0.3 is 0 Å². The van der Waals surface area contributed by atoms with Gasteiger partial charge in [0.15, 0.2) is 0 Å². The van der Waals surface area contributed by atoms with E-state index < -0.39 is 10.8 Å². The number of nitro groups is 1. The van der Waals surface area contributed by atoms with Gasteiger partial charge in [0.25, 0.3) is 5.69 Å². The molecule has 0 atom stereocenters. The number of anilines is 1. The number of hydrogen-bond donors (Lipinski definition) is 1. The summed E-state index contributed by atoms with van der Waals surface area (Å²) in [5.74, 6) is -0.0275. The topological polar surface area (TPSA) is 85.1 Å². The molecular weight excluding hydrogens is 338 g/mol. The molecule has 1 aromatic heterocycles. The number of carbonyl (C=O) groups is 1. The highest BCUT2D eigenvalue weighted by Gasteiger charge is 2.09. The predicted octanol–water partition coefficient (Wildman–Crippen LogP) is 3.40. The lowest BCUT2D eigenvalue weighted by molar-refractivity contribution is -0.385. The van der Waals surface area contributed by atoms with Crippen LogP contribution >= 0.6 is 15.9 Å². The number of nitrogens with one attached hydrogen (secondary N) is 1. The van der Waals surface area contributed by atoms with Crippen LogP contribution in [0, 0.1) is 10.1 Å². The van der Waals surface area contributed by atoms with Crippen molar-refractivity contribution in [3.63, 3.8) is 0 Å². The third-order valence-electron chi connectivity index (χ3n) is 2.52. The standard InChI is InChI=1S/C14H10BrN3O3/c15-11-7-8-16-13(9-11)17-14(19)6-5-10-3-1-2-4-12(10)18(20)21/h1-9H,(H,16,17,19)/b6-5+. The van der Waals surface area contributed by atoms with Gasteiger partial charge in [0.2, 0.25) is 5.91 Å². The van der Waals surface area contributed by atoms with Gasteiger partial charge in [0.05, 0.1) is 10.5 Å². The monoisotopic (exact) mass is 347 g/mol. The number of carbonyl (C=O) groups excluding carboxylic acids is 1. The lowest BCUT2D eigenvalue weighted by Crippen LogP contribution is -2.09. The fourth-order valence-electron chi connectivity index (χ4n) is 1.60. The number of nitro benzene ring substituents is 1. The molecule has 106 valence electrons. The molecule has 0 aliphatic carbocycles. The molecule has 2 aromatic rings. The Morgan fingerprint density at radius 3 is 2.81 bits per heavy atom. The Hall–Kier alpha value is -2.54. The van der Waals surface area contributed by atoms with Crippen molar-refractivity contribution in [2.45, 2.75) is 0 Å². The van der Waals surface area contributed by atoms with E-state index in [-0.39, 0.29) is 5.69 Å². The van der Waals surface area contributed by atoms with Crippen LogP contribution < -0.4 is 5.32 Å². The minimum Gasteiger partial charge on any atom is -0.307 e. The predicted molar refractivity (Wildman–Crippen MR) is 82.7 cm³/mol. The SMILES string of the molecule is O=C(/C=C/c1ccccc1[N+](=O)[O-])Nc1cc(Br)ccn1. The average molecular weight is 348 g/mol. The van der Waals surface area contributed by atoms with Gasteiger partial charge in [-0.3, -0.25) is 14.9 Å². The molecule has 1 N–H and O–H groups in total. The van der Waals surface area contributed by atoms with Crippen molar-refractivity contribution in [1.29, 1.82) is 0 Å². The Morgan fingerprint density at radius 2 is 2.10 bits per heavy atom. The van der Waals surface area contributed by atoms with E-state index in [2.05, 4.69) is 26.2 Å². The number of pyridine rings is 1. The van der Waals surface area contributed by atoms with Crippen molar-refractivity contribution in [2.75, 3.05) is 5.32 Å². The first kappa shape index (κ1) is 14.9. The molecule has 0 saturated carbocycles. The van der Waals surface area contributed by atoms with Crippen LogP contribution in [0.25, 0.3) is 6.08 Å². The first-order chi connectivity index (χ1) is 10.1. The molecule has 6 nitrogen and oxygen atoms in total. The Morgan fingerprint density at radius 1 is 1.33 bits per heavy atom. The van der Waals surface area contributed by atoms with E-state index >= 15 is 0 Å². The molecule has 21 heavy (non-hydrogen) atoms. The highest BCUT2D eigenvalue weighted by molar-refractivity contribution is 9.10. The van der Waals surface area contributed by atoms with Crippen LogP contribution in [0.3, 0.4) is 0 Å². The molecule has 2 rings (SSSR count). The van der Waals surface area contributed by atoms with E-state index in [4.69, 9.17) is 0 Å². The van der Waals surface area contributed by atoms with Crippen molar-refractivity contribution in [1.82, 2.24) is 4.98 Å². The van der Waals surface area contributed by atoms with E-state index in [1.54, 1.807) is 36.5 Å². The van der Waals surface area contributed by atoms with Crippen molar-refractivity contribution in [2.24, 2.45) is 0 Å². The molecule has 1 amide bonds. The van der Waals surface area contributed by atoms with Gasteiger partial charge in [-0.15, -0.1) is 0 Å². The molecule has 7 heteroatoms. The van der Waals surface area contributed by atoms with Crippen LogP contribution in [-0.2, 0) is 4.79 Å². The second-order valence-electron chi connectivity index (χ2n) is 4.00. The summed E-state index contributed by atoms with van der Waals surface area (Å²) in [7, 11) is 0. The number of hydrogen-bond acceptors (Lipinski definition) is 4. The number of benzene rings is 1. The molecule has 1 aromatic carbocycles. The lowest BCUT2D eigenvalue weighted by Gasteiger charge is -2.01. The third kappa shape index (κ3) is 4.22. The second-order valence-corrected chi connectivity index (χ2v) is 4.91. The van der Waals surface area contributed by atoms with Gasteiger partial charge in [-0.1, -0.05) is 28.1 Å². The van der Waals surface area contributed by atoms with Gasteiger partial charge in [-0.25, -0.2) is 4.98 Å². The maximum atomic E-state index is 11.8. The molecule has 0 spiro atoms. The molecule has 0 unspecified atom stereocenters. The molecule has 0 fully saturated rings. The highest BCUT2D eigenvalue weighted by Crippen LogP contribution is 2.19. The zero-order valence-corrected chi connectivity index (χ0v) is 12.3. The fourth-order valence-corrected chi connectivity index (χ4v) is 1.94. The molecule has 1 heterocycles. The van der Waals surface area contributed by atoms with Crippen LogP contribution in [0.15, 0.2) is 53.1 Å². The first-order valence-corrected chi connectivity index (χ1v) is 6.69. The molecule has 0 saturated heterocycles. The largest absolute Gasteiger partial charge is 0.307 e. The fraction of sp³-hybridized carbons (Fsp3) is 0. The van der Waals surface area contributed by atoms with E-state index in [1.807, 2.05) is 0 Å². The summed E-state index contributed by atoms with van der Waals surface area (Å²) in [6, 6.07) is 9.57. The van der Waals surface area contributed by atoms with E-state index in [0.717, 1.165) is 4.47 Å². The van der Waals surface area contributed by atoms with Crippen LogP contribution in [-0.4, -0.2) is 15.8 Å². The average Bonchev–Trinajstić information content (AvgIpc) is 2.45. The third-order valence-corrected chi connectivity index (χ3v) is 3.01. The van der Waals surface area contributed by atoms with Crippen LogP contribution in [0.5, 0.6) is 0 Å². The molecular formula is C14H10BrN3O3. The zero-order chi connectivity index (χ0) is 15.2. The van der Waals surface area contributed by atoms with Gasteiger partial charge < -0.3 is 5.32 Å². The number of para-hydroxylation sites is 1. The minimum absolute atomic E-state index is 0.0536. The highest BCUT2D eigenvalue weighted by atomic mass is 79.9. The van der Waals surface area contributed by atoms with E-state index in [0.29, 0.717) is 11.4 Å². The molecule has 0 aliphatic heterocycles. The molecule has 0 radical (unpaired) electrons. The van der Waals surface area contributed by atoms with Gasteiger partial charge in [-0.05, 0) is 24.3 Å². The van der Waals surface area contributed by atoms with Crippen molar-refractivity contribution < 1.29 is 9.72 Å². The Labute approximate surface area is 128 Å². The molecule has 0 bridgehead atoms. The number of aromatic nitrogens is 1. The van der Waals surface area contributed by atoms with Crippen LogP contribution in [0.2, 0.25) is 0 Å². The summed E-state index contributed by atoms with van der Waals surface area (Å²) in [6.07, 6.45) is 4.17. The van der Waals surface area contributed by atoms with Gasteiger partial charge in [0, 0.05) is 22.8 Å². The smallest absolute Gasteiger partial charge is 0.276 e. The summed E-state index contributed by atoms with van der Waals surface area (Å²) in [6.45, 7) is 0. The van der Waals surface area contributed by atoms with Crippen molar-refractivity contribution >= 4 is 39.4 Å². The Balaban J connectivity index is 2.11. The number of halogens is 1. The summed E-state index contributed by atoms with van der Waals surface area (Å²) >= 11 is 3.27. The maximum absolute atomic E-state index is 11.8. The Kier molecular flexibility index (Phi) is 4.78. The molecule has 0 aliphatic rings. The maximum Gasteiger partial charge on any atom is 0.276 e. The first-order valence-electron chi connectivity index (χ1n) is 5.90. The number of amides is 1. The second kappa shape index (κ2) is 6.76. The minimum atomic E-state index is -0.493. The summed E-state index contributed by atoms with van der Waals surface area (Å²) in [5.41, 5.74) is 0.307. The van der Waals surface area contributed by atoms with Crippen molar-refractivity contribution in [3.8, 4) is 0 Å². The van der Waals surface area contributed by atoms with Crippen LogP contribution in [0.1, 0.15) is 5.56 Å². The zero-order valence-electron chi connectivity index (χ0n) is 10.7. The van der Waals surface area contributed by atoms with E-state index in [9.17, 15) is 14.9 Å². The quantitative estimate of drug-likeness (QED) is 0.521. The number of rotatable bonds is 4. The summed E-state index contributed by atoms with van der Waals surface area (Å²) in [5, 5.41) is 13.4.